The lowest BCUT2D eigenvalue weighted by Crippen LogP contribution is -2.04. The van der Waals surface area contributed by atoms with E-state index in [-0.39, 0.29) is 0 Å². The molecule has 0 heterocycles. The molecule has 2 N–H and O–H groups in total. The van der Waals surface area contributed by atoms with Crippen LogP contribution in [0.5, 0.6) is 11.5 Å². The quantitative estimate of drug-likeness (QED) is 0.912. The number of nitrogens with two attached hydrogens (primary N) is 1. The topological polar surface area (TPSA) is 35.2 Å². The standard InChI is InChI=1S/C15H14F3NO/c1-10-8-14(5-2-11(10)9-19)20-13-6-3-12(4-7-13)15(16,17)18/h2-8H,9,19H2,1H3. The van der Waals surface area contributed by atoms with E-state index in [1.54, 1.807) is 12.1 Å². The summed E-state index contributed by atoms with van der Waals surface area (Å²) in [6.45, 7) is 2.34. The first-order valence-electron chi connectivity index (χ1n) is 6.05. The van der Waals surface area contributed by atoms with Crippen molar-refractivity contribution in [2.45, 2.75) is 19.6 Å². The first-order valence-corrected chi connectivity index (χ1v) is 6.05. The molecule has 0 aromatic heterocycles. The molecular formula is C15H14F3NO. The van der Waals surface area contributed by atoms with Crippen molar-refractivity contribution in [3.8, 4) is 11.5 Å². The van der Waals surface area contributed by atoms with Gasteiger partial charge in [0.1, 0.15) is 11.5 Å². The second kappa shape index (κ2) is 5.54. The van der Waals surface area contributed by atoms with Gasteiger partial charge in [-0.25, -0.2) is 0 Å². The molecule has 0 unspecified atom stereocenters. The summed E-state index contributed by atoms with van der Waals surface area (Å²) in [4.78, 5) is 0. The maximum Gasteiger partial charge on any atom is 0.416 e. The molecule has 0 bridgehead atoms. The molecule has 106 valence electrons. The zero-order chi connectivity index (χ0) is 14.8. The molecule has 2 rings (SSSR count). The Hall–Kier alpha value is -2.01. The Morgan fingerprint density at radius 1 is 1.00 bits per heavy atom. The van der Waals surface area contributed by atoms with E-state index in [9.17, 15) is 13.2 Å². The van der Waals surface area contributed by atoms with Gasteiger partial charge in [-0.05, 0) is 54.4 Å². The number of ether oxygens (including phenoxy) is 1. The zero-order valence-corrected chi connectivity index (χ0v) is 10.9. The maximum atomic E-state index is 12.4. The van der Waals surface area contributed by atoms with Crippen molar-refractivity contribution in [1.82, 2.24) is 0 Å². The van der Waals surface area contributed by atoms with E-state index in [4.69, 9.17) is 10.5 Å². The molecule has 2 aromatic rings. The van der Waals surface area contributed by atoms with Gasteiger partial charge in [-0.1, -0.05) is 6.07 Å². The molecule has 0 aliphatic rings. The monoisotopic (exact) mass is 281 g/mol. The SMILES string of the molecule is Cc1cc(Oc2ccc(C(F)(F)F)cc2)ccc1CN. The predicted molar refractivity (Wildman–Crippen MR) is 70.6 cm³/mol. The van der Waals surface area contributed by atoms with Crippen LogP contribution < -0.4 is 10.5 Å². The Bertz CT molecular complexity index is 591. The normalized spacial score (nSPS) is 11.4. The van der Waals surface area contributed by atoms with E-state index in [2.05, 4.69) is 0 Å². The minimum atomic E-state index is -4.34. The first kappa shape index (κ1) is 14.4. The predicted octanol–water partition coefficient (Wildman–Crippen LogP) is 4.26. The summed E-state index contributed by atoms with van der Waals surface area (Å²) in [5.41, 5.74) is 6.86. The third-order valence-corrected chi connectivity index (χ3v) is 2.95. The molecule has 2 aromatic carbocycles. The Kier molecular flexibility index (Phi) is 3.99. The molecule has 0 spiro atoms. The van der Waals surface area contributed by atoms with Crippen molar-refractivity contribution in [2.24, 2.45) is 5.73 Å². The van der Waals surface area contributed by atoms with Crippen LogP contribution in [0, 0.1) is 6.92 Å². The average Bonchev–Trinajstić information content (AvgIpc) is 2.38. The number of alkyl halides is 3. The lowest BCUT2D eigenvalue weighted by molar-refractivity contribution is -0.137. The smallest absolute Gasteiger partial charge is 0.416 e. The van der Waals surface area contributed by atoms with Gasteiger partial charge in [0.15, 0.2) is 0 Å². The van der Waals surface area contributed by atoms with Crippen LogP contribution in [0.15, 0.2) is 42.5 Å². The molecule has 0 fully saturated rings. The van der Waals surface area contributed by atoms with Gasteiger partial charge >= 0.3 is 6.18 Å². The van der Waals surface area contributed by atoms with Crippen LogP contribution in [0.1, 0.15) is 16.7 Å². The molecule has 0 radical (unpaired) electrons. The highest BCUT2D eigenvalue weighted by atomic mass is 19.4. The second-order valence-electron chi connectivity index (χ2n) is 4.42. The van der Waals surface area contributed by atoms with Gasteiger partial charge in [-0.15, -0.1) is 0 Å². The highest BCUT2D eigenvalue weighted by Crippen LogP contribution is 2.31. The molecule has 2 nitrogen and oxygen atoms in total. The highest BCUT2D eigenvalue weighted by molar-refractivity contribution is 5.38. The van der Waals surface area contributed by atoms with Crippen LogP contribution in [0.2, 0.25) is 0 Å². The van der Waals surface area contributed by atoms with E-state index in [0.717, 1.165) is 23.3 Å². The lowest BCUT2D eigenvalue weighted by atomic mass is 10.1. The second-order valence-corrected chi connectivity index (χ2v) is 4.42. The van der Waals surface area contributed by atoms with E-state index >= 15 is 0 Å². The fourth-order valence-electron chi connectivity index (χ4n) is 1.81. The molecule has 0 aliphatic heterocycles. The third kappa shape index (κ3) is 3.30. The van der Waals surface area contributed by atoms with E-state index in [0.29, 0.717) is 18.0 Å². The molecule has 20 heavy (non-hydrogen) atoms. The van der Waals surface area contributed by atoms with Crippen LogP contribution in [0.3, 0.4) is 0 Å². The number of halogens is 3. The minimum Gasteiger partial charge on any atom is -0.457 e. The van der Waals surface area contributed by atoms with Gasteiger partial charge in [0.2, 0.25) is 0 Å². The van der Waals surface area contributed by atoms with Gasteiger partial charge < -0.3 is 10.5 Å². The number of hydrogen-bond acceptors (Lipinski definition) is 2. The van der Waals surface area contributed by atoms with Gasteiger partial charge in [-0.2, -0.15) is 13.2 Å². The van der Waals surface area contributed by atoms with Crippen LogP contribution in [0.25, 0.3) is 0 Å². The lowest BCUT2D eigenvalue weighted by Gasteiger charge is -2.10. The van der Waals surface area contributed by atoms with Crippen LogP contribution in [-0.2, 0) is 12.7 Å². The van der Waals surface area contributed by atoms with Crippen molar-refractivity contribution in [1.29, 1.82) is 0 Å². The fourth-order valence-corrected chi connectivity index (χ4v) is 1.81. The molecule has 5 heteroatoms. The van der Waals surface area contributed by atoms with Crippen molar-refractivity contribution < 1.29 is 17.9 Å². The van der Waals surface area contributed by atoms with Crippen LogP contribution in [0.4, 0.5) is 13.2 Å². The molecule has 0 saturated heterocycles. The summed E-state index contributed by atoms with van der Waals surface area (Å²) in [7, 11) is 0. The summed E-state index contributed by atoms with van der Waals surface area (Å²) in [6.07, 6.45) is -4.34. The van der Waals surface area contributed by atoms with E-state index in [1.165, 1.54) is 12.1 Å². The number of hydrogen-bond donors (Lipinski definition) is 1. The Morgan fingerprint density at radius 3 is 2.10 bits per heavy atom. The fraction of sp³-hybridized carbons (Fsp3) is 0.200. The van der Waals surface area contributed by atoms with Gasteiger partial charge in [0.05, 0.1) is 5.56 Å². The Balaban J connectivity index is 2.16. The minimum absolute atomic E-state index is 0.359. The summed E-state index contributed by atoms with van der Waals surface area (Å²) in [5, 5.41) is 0. The number of benzene rings is 2. The Labute approximate surface area is 115 Å². The van der Waals surface area contributed by atoms with Crippen molar-refractivity contribution in [3.05, 3.63) is 59.2 Å². The van der Waals surface area contributed by atoms with Crippen LogP contribution >= 0.6 is 0 Å². The molecule has 0 atom stereocenters. The molecule has 0 amide bonds. The van der Waals surface area contributed by atoms with Crippen molar-refractivity contribution in [3.63, 3.8) is 0 Å². The van der Waals surface area contributed by atoms with Gasteiger partial charge in [0.25, 0.3) is 0 Å². The molecule has 0 aliphatic carbocycles. The first-order chi connectivity index (χ1) is 9.40. The zero-order valence-electron chi connectivity index (χ0n) is 10.9. The van der Waals surface area contributed by atoms with Crippen LogP contribution in [-0.4, -0.2) is 0 Å². The van der Waals surface area contributed by atoms with Gasteiger partial charge in [0, 0.05) is 6.54 Å². The molecular weight excluding hydrogens is 267 g/mol. The van der Waals surface area contributed by atoms with E-state index < -0.39 is 11.7 Å². The summed E-state index contributed by atoms with van der Waals surface area (Å²) in [6, 6.07) is 9.98. The summed E-state index contributed by atoms with van der Waals surface area (Å²) >= 11 is 0. The maximum absolute atomic E-state index is 12.4. The average molecular weight is 281 g/mol. The number of aryl methyl sites for hydroxylation is 1. The van der Waals surface area contributed by atoms with Crippen molar-refractivity contribution >= 4 is 0 Å². The van der Waals surface area contributed by atoms with E-state index in [1.807, 2.05) is 13.0 Å². The highest BCUT2D eigenvalue weighted by Gasteiger charge is 2.30. The Morgan fingerprint density at radius 2 is 1.60 bits per heavy atom. The number of rotatable bonds is 3. The summed E-state index contributed by atoms with van der Waals surface area (Å²) < 4.78 is 42.8. The van der Waals surface area contributed by atoms with Crippen molar-refractivity contribution in [2.75, 3.05) is 0 Å². The third-order valence-electron chi connectivity index (χ3n) is 2.95. The molecule has 0 saturated carbocycles. The largest absolute Gasteiger partial charge is 0.457 e. The summed E-state index contributed by atoms with van der Waals surface area (Å²) in [5.74, 6) is 0.928. The van der Waals surface area contributed by atoms with Gasteiger partial charge in [-0.3, -0.25) is 0 Å².